The van der Waals surface area contributed by atoms with Crippen LogP contribution in [-0.4, -0.2) is 48.6 Å². The van der Waals surface area contributed by atoms with Crippen LogP contribution in [-0.2, 0) is 0 Å². The number of likely N-dealkylation sites (N-methyl/N-ethyl adjacent to an activating group) is 1. The molecule has 0 aliphatic heterocycles. The molecule has 6 heteroatoms. The van der Waals surface area contributed by atoms with E-state index in [1.54, 1.807) is 31.2 Å². The molecule has 26 heavy (non-hydrogen) atoms. The molecule has 1 aliphatic rings. The number of amides is 1. The molecule has 0 fully saturated rings. The summed E-state index contributed by atoms with van der Waals surface area (Å²) in [5.74, 6) is -0.855. The van der Waals surface area contributed by atoms with E-state index in [4.69, 9.17) is 4.42 Å². The summed E-state index contributed by atoms with van der Waals surface area (Å²) in [5.41, 5.74) is 0.856. The zero-order valence-electron chi connectivity index (χ0n) is 15.2. The van der Waals surface area contributed by atoms with Crippen molar-refractivity contribution in [1.29, 1.82) is 0 Å². The number of rotatable bonds is 6. The third-order valence-electron chi connectivity index (χ3n) is 4.77. The molecule has 1 heterocycles. The van der Waals surface area contributed by atoms with Gasteiger partial charge in [-0.3, -0.25) is 14.4 Å². The molecule has 0 unspecified atom stereocenters. The van der Waals surface area contributed by atoms with Crippen molar-refractivity contribution in [2.45, 2.75) is 20.8 Å². The Bertz CT molecular complexity index is 878. The van der Waals surface area contributed by atoms with Gasteiger partial charge in [0.2, 0.25) is 5.78 Å². The van der Waals surface area contributed by atoms with Gasteiger partial charge in [0.05, 0.1) is 11.1 Å². The normalized spacial score (nSPS) is 12.9. The lowest BCUT2D eigenvalue weighted by molar-refractivity contribution is 0.0935. The van der Waals surface area contributed by atoms with Gasteiger partial charge in [-0.2, -0.15) is 0 Å². The lowest BCUT2D eigenvalue weighted by Gasteiger charge is -2.18. The Balaban J connectivity index is 1.89. The fourth-order valence-electron chi connectivity index (χ4n) is 3.29. The van der Waals surface area contributed by atoms with Crippen molar-refractivity contribution in [2.75, 3.05) is 26.2 Å². The summed E-state index contributed by atoms with van der Waals surface area (Å²) >= 11 is 0. The lowest BCUT2D eigenvalue weighted by Crippen LogP contribution is -2.35. The average molecular weight is 354 g/mol. The molecule has 0 atom stereocenters. The summed E-state index contributed by atoms with van der Waals surface area (Å²) in [4.78, 5) is 40.4. The summed E-state index contributed by atoms with van der Waals surface area (Å²) in [6.07, 6.45) is 0. The second kappa shape index (κ2) is 7.25. The van der Waals surface area contributed by atoms with Crippen LogP contribution in [0.4, 0.5) is 0 Å². The van der Waals surface area contributed by atoms with Gasteiger partial charge in [-0.15, -0.1) is 0 Å². The van der Waals surface area contributed by atoms with Crippen molar-refractivity contribution in [3.05, 3.63) is 58.0 Å². The molecule has 1 aliphatic carbocycles. The number of fused-ring (bicyclic) bond motifs is 2. The van der Waals surface area contributed by atoms with Crippen LogP contribution in [0.2, 0.25) is 0 Å². The fourth-order valence-corrected chi connectivity index (χ4v) is 3.29. The predicted octanol–water partition coefficient (Wildman–Crippen LogP) is 2.44. The van der Waals surface area contributed by atoms with Crippen LogP contribution in [0.1, 0.15) is 62.0 Å². The van der Waals surface area contributed by atoms with E-state index in [-0.39, 0.29) is 40.1 Å². The van der Waals surface area contributed by atoms with Crippen molar-refractivity contribution >= 4 is 17.5 Å². The van der Waals surface area contributed by atoms with Crippen LogP contribution >= 0.6 is 0 Å². The molecule has 0 spiro atoms. The molecule has 1 aromatic carbocycles. The van der Waals surface area contributed by atoms with Gasteiger partial charge < -0.3 is 14.6 Å². The molecule has 1 aromatic heterocycles. The molecular formula is C20H22N2O4. The first-order chi connectivity index (χ1) is 12.5. The fraction of sp³-hybridized carbons (Fsp3) is 0.350. The van der Waals surface area contributed by atoms with E-state index >= 15 is 0 Å². The van der Waals surface area contributed by atoms with Gasteiger partial charge in [-0.05, 0) is 20.0 Å². The minimum absolute atomic E-state index is 0.0416. The van der Waals surface area contributed by atoms with Gasteiger partial charge in [-0.1, -0.05) is 38.1 Å². The Morgan fingerprint density at radius 3 is 2.31 bits per heavy atom. The third-order valence-corrected chi connectivity index (χ3v) is 4.77. The number of aryl methyl sites for hydroxylation is 1. The number of hydrogen-bond donors (Lipinski definition) is 1. The van der Waals surface area contributed by atoms with Gasteiger partial charge in [0, 0.05) is 24.2 Å². The highest BCUT2D eigenvalue weighted by molar-refractivity contribution is 6.30. The van der Waals surface area contributed by atoms with Crippen LogP contribution in [0.25, 0.3) is 0 Å². The molecule has 6 nitrogen and oxygen atoms in total. The number of carbonyl (C=O) groups excluding carboxylic acids is 3. The highest BCUT2D eigenvalue weighted by atomic mass is 16.4. The average Bonchev–Trinajstić information content (AvgIpc) is 3.01. The monoisotopic (exact) mass is 354 g/mol. The van der Waals surface area contributed by atoms with Crippen LogP contribution in [0.5, 0.6) is 0 Å². The summed E-state index contributed by atoms with van der Waals surface area (Å²) in [5, 5.41) is 2.83. The van der Waals surface area contributed by atoms with Crippen LogP contribution in [0.3, 0.4) is 0 Å². The van der Waals surface area contributed by atoms with Crippen molar-refractivity contribution in [2.24, 2.45) is 0 Å². The topological polar surface area (TPSA) is 79.6 Å². The third kappa shape index (κ3) is 2.97. The Labute approximate surface area is 152 Å². The first-order valence-corrected chi connectivity index (χ1v) is 8.81. The maximum absolute atomic E-state index is 12.9. The summed E-state index contributed by atoms with van der Waals surface area (Å²) in [7, 11) is 0. The number of nitrogens with zero attached hydrogens (tertiary/aromatic N) is 1. The molecule has 136 valence electrons. The number of ketones is 2. The Kier molecular flexibility index (Phi) is 5.04. The molecular weight excluding hydrogens is 332 g/mol. The number of furan rings is 1. The summed E-state index contributed by atoms with van der Waals surface area (Å²) in [6, 6.07) is 6.60. The van der Waals surface area contributed by atoms with E-state index in [2.05, 4.69) is 24.1 Å². The highest BCUT2D eigenvalue weighted by Gasteiger charge is 2.38. The second-order valence-corrected chi connectivity index (χ2v) is 6.22. The van der Waals surface area contributed by atoms with E-state index in [0.717, 1.165) is 13.1 Å². The molecule has 3 rings (SSSR count). The van der Waals surface area contributed by atoms with Gasteiger partial charge in [-0.25, -0.2) is 0 Å². The maximum Gasteiger partial charge on any atom is 0.255 e. The van der Waals surface area contributed by atoms with Gasteiger partial charge >= 0.3 is 0 Å². The van der Waals surface area contributed by atoms with Crippen LogP contribution < -0.4 is 5.32 Å². The second-order valence-electron chi connectivity index (χ2n) is 6.22. The maximum atomic E-state index is 12.9. The Morgan fingerprint density at radius 2 is 1.69 bits per heavy atom. The van der Waals surface area contributed by atoms with E-state index in [9.17, 15) is 14.4 Å². The smallest absolute Gasteiger partial charge is 0.255 e. The predicted molar refractivity (Wildman–Crippen MR) is 96.9 cm³/mol. The van der Waals surface area contributed by atoms with E-state index < -0.39 is 0 Å². The number of nitrogens with one attached hydrogen (secondary N) is 1. The molecule has 0 bridgehead atoms. The quantitative estimate of drug-likeness (QED) is 0.735. The van der Waals surface area contributed by atoms with Crippen molar-refractivity contribution < 1.29 is 18.8 Å². The van der Waals surface area contributed by atoms with Crippen molar-refractivity contribution in [3.8, 4) is 0 Å². The van der Waals surface area contributed by atoms with E-state index in [1.165, 1.54) is 0 Å². The van der Waals surface area contributed by atoms with Gasteiger partial charge in [0.25, 0.3) is 5.91 Å². The highest BCUT2D eigenvalue weighted by Crippen LogP contribution is 2.32. The largest absolute Gasteiger partial charge is 0.456 e. The van der Waals surface area contributed by atoms with E-state index in [0.29, 0.717) is 24.2 Å². The molecule has 0 radical (unpaired) electrons. The van der Waals surface area contributed by atoms with Gasteiger partial charge in [0.15, 0.2) is 11.5 Å². The molecule has 0 saturated carbocycles. The SMILES string of the molecule is CCN(CC)CCNC(=O)c1c(C)oc2c1C(=O)c1ccccc1C2=O. The molecule has 1 N–H and O–H groups in total. The van der Waals surface area contributed by atoms with Crippen LogP contribution in [0.15, 0.2) is 28.7 Å². The minimum atomic E-state index is -0.389. The number of hydrogen-bond acceptors (Lipinski definition) is 5. The van der Waals surface area contributed by atoms with Crippen molar-refractivity contribution in [3.63, 3.8) is 0 Å². The number of carbonyl (C=O) groups is 3. The Hall–Kier alpha value is -2.73. The lowest BCUT2D eigenvalue weighted by atomic mass is 9.86. The number of benzene rings is 1. The van der Waals surface area contributed by atoms with Crippen molar-refractivity contribution in [1.82, 2.24) is 10.2 Å². The Morgan fingerprint density at radius 1 is 1.08 bits per heavy atom. The summed E-state index contributed by atoms with van der Waals surface area (Å²) < 4.78 is 5.53. The summed E-state index contributed by atoms with van der Waals surface area (Å²) in [6.45, 7) is 8.69. The van der Waals surface area contributed by atoms with Gasteiger partial charge in [0.1, 0.15) is 5.76 Å². The standard InChI is InChI=1S/C20H22N2O4/c1-4-22(5-2)11-10-21-20(25)15-12(3)26-19-16(15)17(23)13-8-6-7-9-14(13)18(19)24/h6-9H,4-5,10-11H2,1-3H3,(H,21,25). The molecule has 2 aromatic rings. The van der Waals surface area contributed by atoms with E-state index in [1.807, 2.05) is 0 Å². The zero-order chi connectivity index (χ0) is 18.8. The first-order valence-electron chi connectivity index (χ1n) is 8.81. The first kappa shape index (κ1) is 18.1. The molecule has 1 amide bonds. The minimum Gasteiger partial charge on any atom is -0.456 e. The van der Waals surface area contributed by atoms with Crippen LogP contribution in [0, 0.1) is 6.92 Å². The zero-order valence-corrected chi connectivity index (χ0v) is 15.2. The molecule has 0 saturated heterocycles.